The summed E-state index contributed by atoms with van der Waals surface area (Å²) >= 11 is 0. The molecule has 2 rings (SSSR count). The smallest absolute Gasteiger partial charge is 0.245 e. The number of hydrogen-bond acceptors (Lipinski definition) is 7. The third kappa shape index (κ3) is 5.47. The molecule has 1 aromatic rings. The minimum absolute atomic E-state index is 0. The van der Waals surface area contributed by atoms with Crippen molar-refractivity contribution in [3.63, 3.8) is 0 Å². The van der Waals surface area contributed by atoms with E-state index in [-0.39, 0.29) is 25.2 Å². The lowest BCUT2D eigenvalue weighted by molar-refractivity contribution is -0.119. The van der Waals surface area contributed by atoms with Crippen molar-refractivity contribution in [3.05, 3.63) is 18.2 Å². The highest BCUT2D eigenvalue weighted by atomic mass is 35.5. The van der Waals surface area contributed by atoms with E-state index >= 15 is 0 Å². The number of benzene rings is 1. The van der Waals surface area contributed by atoms with E-state index in [1.807, 2.05) is 0 Å². The number of nitrogens with one attached hydrogen (secondary N) is 2. The van der Waals surface area contributed by atoms with Gasteiger partial charge < -0.3 is 24.8 Å². The highest BCUT2D eigenvalue weighted by Crippen LogP contribution is 2.33. The molecule has 0 aliphatic carbocycles. The van der Waals surface area contributed by atoms with Crippen LogP contribution in [0.5, 0.6) is 11.5 Å². The van der Waals surface area contributed by atoms with Gasteiger partial charge in [-0.1, -0.05) is 0 Å². The molecular formula is C17H27ClN2O6S. The van der Waals surface area contributed by atoms with Crippen molar-refractivity contribution in [2.75, 3.05) is 52.1 Å². The van der Waals surface area contributed by atoms with Gasteiger partial charge in [-0.25, -0.2) is 8.42 Å². The van der Waals surface area contributed by atoms with Crippen molar-refractivity contribution in [1.29, 1.82) is 0 Å². The summed E-state index contributed by atoms with van der Waals surface area (Å²) in [5.74, 6) is 0.439. The lowest BCUT2D eigenvalue weighted by Gasteiger charge is -2.34. The molecule has 1 aromatic carbocycles. The second-order valence-electron chi connectivity index (χ2n) is 6.18. The van der Waals surface area contributed by atoms with Crippen LogP contribution in [0.3, 0.4) is 0 Å². The number of piperidine rings is 1. The van der Waals surface area contributed by atoms with Crippen LogP contribution >= 0.6 is 12.4 Å². The molecule has 1 aliphatic heterocycles. The number of hydrogen-bond donors (Lipinski definition) is 2. The Morgan fingerprint density at radius 1 is 1.19 bits per heavy atom. The molecule has 0 unspecified atom stereocenters. The van der Waals surface area contributed by atoms with Crippen LogP contribution in [0, 0.1) is 0 Å². The summed E-state index contributed by atoms with van der Waals surface area (Å²) in [6.45, 7) is 1.69. The van der Waals surface area contributed by atoms with E-state index in [9.17, 15) is 13.2 Å². The van der Waals surface area contributed by atoms with Gasteiger partial charge in [0.1, 0.15) is 6.61 Å². The first kappa shape index (κ1) is 23.5. The van der Waals surface area contributed by atoms with Crippen LogP contribution in [-0.4, -0.2) is 65.9 Å². The molecule has 0 aromatic heterocycles. The normalized spacial score (nSPS) is 16.1. The van der Waals surface area contributed by atoms with Gasteiger partial charge in [0.2, 0.25) is 5.91 Å². The molecule has 10 heteroatoms. The number of carbonyl (C=O) groups is 1. The number of anilines is 1. The van der Waals surface area contributed by atoms with E-state index in [1.165, 1.54) is 7.11 Å². The Hall–Kier alpha value is -1.55. The molecule has 0 spiro atoms. The molecule has 0 saturated carbocycles. The second kappa shape index (κ2) is 10.1. The van der Waals surface area contributed by atoms with E-state index in [0.717, 1.165) is 6.26 Å². The fraction of sp³-hybridized carbons (Fsp3) is 0.588. The summed E-state index contributed by atoms with van der Waals surface area (Å²) in [4.78, 5) is 12.9. The van der Waals surface area contributed by atoms with Gasteiger partial charge in [0.25, 0.3) is 0 Å². The van der Waals surface area contributed by atoms with Crippen LogP contribution in [0.1, 0.15) is 12.8 Å². The molecule has 1 amide bonds. The Labute approximate surface area is 166 Å². The molecule has 8 nitrogen and oxygen atoms in total. The number of amides is 1. The van der Waals surface area contributed by atoms with Crippen LogP contribution in [0.15, 0.2) is 18.2 Å². The maximum atomic E-state index is 12.9. The number of ether oxygens (including phenoxy) is 3. The fourth-order valence-corrected chi connectivity index (χ4v) is 4.28. The summed E-state index contributed by atoms with van der Waals surface area (Å²) in [5.41, 5.74) is 0.449. The zero-order chi connectivity index (χ0) is 19.2. The van der Waals surface area contributed by atoms with E-state index in [0.29, 0.717) is 43.5 Å². The lowest BCUT2D eigenvalue weighted by Crippen LogP contribution is -2.55. The summed E-state index contributed by atoms with van der Waals surface area (Å²) in [5, 5.41) is 5.82. The largest absolute Gasteiger partial charge is 0.493 e. The molecule has 1 saturated heterocycles. The minimum atomic E-state index is -3.57. The van der Waals surface area contributed by atoms with E-state index in [1.54, 1.807) is 25.3 Å². The Bertz CT molecular complexity index is 735. The Morgan fingerprint density at radius 3 is 2.41 bits per heavy atom. The third-order valence-corrected chi connectivity index (χ3v) is 6.51. The molecule has 154 valence electrons. The van der Waals surface area contributed by atoms with Crippen LogP contribution in [0.4, 0.5) is 5.69 Å². The molecule has 0 atom stereocenters. The quantitative estimate of drug-likeness (QED) is 0.607. The topological polar surface area (TPSA) is 103 Å². The third-order valence-electron chi connectivity index (χ3n) is 4.50. The molecule has 1 aliphatic rings. The van der Waals surface area contributed by atoms with Crippen molar-refractivity contribution >= 4 is 33.8 Å². The number of sulfone groups is 1. The Morgan fingerprint density at radius 2 is 1.85 bits per heavy atom. The summed E-state index contributed by atoms with van der Waals surface area (Å²) < 4.78 is 39.0. The molecular weight excluding hydrogens is 396 g/mol. The number of methoxy groups -OCH3 is 2. The SMILES string of the molecule is COCCOc1cc(NC(=O)C2(S(C)(=O)=O)CCNCC2)ccc1OC.Cl. The average Bonchev–Trinajstić information content (AvgIpc) is 2.62. The second-order valence-corrected chi connectivity index (χ2v) is 8.50. The number of halogens is 1. The molecule has 27 heavy (non-hydrogen) atoms. The summed E-state index contributed by atoms with van der Waals surface area (Å²) in [6, 6.07) is 4.92. The molecule has 0 radical (unpaired) electrons. The maximum absolute atomic E-state index is 12.9. The zero-order valence-corrected chi connectivity index (χ0v) is 17.4. The van der Waals surface area contributed by atoms with Crippen molar-refractivity contribution in [3.8, 4) is 11.5 Å². The van der Waals surface area contributed by atoms with Gasteiger partial charge in [-0.2, -0.15) is 0 Å². The summed E-state index contributed by atoms with van der Waals surface area (Å²) in [7, 11) is -0.483. The van der Waals surface area contributed by atoms with Gasteiger partial charge in [-0.3, -0.25) is 4.79 Å². The number of rotatable bonds is 8. The van der Waals surface area contributed by atoms with Crippen molar-refractivity contribution in [2.45, 2.75) is 17.6 Å². The standard InChI is InChI=1S/C17H26N2O6S.ClH/c1-23-10-11-25-15-12-13(4-5-14(15)24-2)19-16(20)17(26(3,21)22)6-8-18-9-7-17;/h4-5,12,18H,6-11H2,1-3H3,(H,19,20);1H. The predicted molar refractivity (Wildman–Crippen MR) is 106 cm³/mol. The Kier molecular flexibility index (Phi) is 8.80. The van der Waals surface area contributed by atoms with Gasteiger partial charge in [0.15, 0.2) is 26.1 Å². The van der Waals surface area contributed by atoms with Gasteiger partial charge in [0.05, 0.1) is 13.7 Å². The van der Waals surface area contributed by atoms with Crippen LogP contribution < -0.4 is 20.1 Å². The van der Waals surface area contributed by atoms with E-state index in [2.05, 4.69) is 10.6 Å². The van der Waals surface area contributed by atoms with E-state index in [4.69, 9.17) is 14.2 Å². The maximum Gasteiger partial charge on any atom is 0.245 e. The molecule has 0 bridgehead atoms. The highest BCUT2D eigenvalue weighted by molar-refractivity contribution is 7.92. The molecule has 1 heterocycles. The highest BCUT2D eigenvalue weighted by Gasteiger charge is 2.48. The first-order chi connectivity index (χ1) is 12.3. The lowest BCUT2D eigenvalue weighted by atomic mass is 9.95. The van der Waals surface area contributed by atoms with Gasteiger partial charge in [-0.05, 0) is 38.1 Å². The van der Waals surface area contributed by atoms with Crippen molar-refractivity contribution < 1.29 is 27.4 Å². The Balaban J connectivity index is 0.00000364. The first-order valence-electron chi connectivity index (χ1n) is 8.35. The predicted octanol–water partition coefficient (Wildman–Crippen LogP) is 1.25. The monoisotopic (exact) mass is 422 g/mol. The average molecular weight is 423 g/mol. The van der Waals surface area contributed by atoms with Crippen molar-refractivity contribution in [1.82, 2.24) is 5.32 Å². The molecule has 1 fully saturated rings. The minimum Gasteiger partial charge on any atom is -0.493 e. The summed E-state index contributed by atoms with van der Waals surface area (Å²) in [6.07, 6.45) is 1.60. The van der Waals surface area contributed by atoms with Crippen LogP contribution in [0.25, 0.3) is 0 Å². The fourth-order valence-electron chi connectivity index (χ4n) is 2.94. The van der Waals surface area contributed by atoms with Crippen molar-refractivity contribution in [2.24, 2.45) is 0 Å². The number of carbonyl (C=O) groups excluding carboxylic acids is 1. The zero-order valence-electron chi connectivity index (χ0n) is 15.7. The van der Waals surface area contributed by atoms with Gasteiger partial charge in [-0.15, -0.1) is 12.4 Å². The molecule has 2 N–H and O–H groups in total. The van der Waals surface area contributed by atoms with Gasteiger partial charge in [0, 0.05) is 25.1 Å². The van der Waals surface area contributed by atoms with E-state index < -0.39 is 20.5 Å². The first-order valence-corrected chi connectivity index (χ1v) is 10.2. The van der Waals surface area contributed by atoms with Crippen LogP contribution in [0.2, 0.25) is 0 Å². The van der Waals surface area contributed by atoms with Crippen LogP contribution in [-0.2, 0) is 19.4 Å². The van der Waals surface area contributed by atoms with Gasteiger partial charge >= 0.3 is 0 Å².